The Morgan fingerprint density at radius 1 is 1.19 bits per heavy atom. The van der Waals surface area contributed by atoms with Crippen LogP contribution in [0.4, 0.5) is 4.39 Å². The molecule has 0 aliphatic rings. The van der Waals surface area contributed by atoms with Gasteiger partial charge in [0.25, 0.3) is 5.56 Å². The number of aryl methyl sites for hydroxylation is 1. The van der Waals surface area contributed by atoms with Crippen molar-refractivity contribution in [2.45, 2.75) is 13.0 Å². The van der Waals surface area contributed by atoms with Gasteiger partial charge < -0.3 is 4.90 Å². The van der Waals surface area contributed by atoms with Gasteiger partial charge in [-0.1, -0.05) is 42.5 Å². The van der Waals surface area contributed by atoms with Gasteiger partial charge >= 0.3 is 0 Å². The number of amides is 1. The Morgan fingerprint density at radius 3 is 2.56 bits per heavy atom. The molecule has 0 atom stereocenters. The molecule has 27 heavy (non-hydrogen) atoms. The van der Waals surface area contributed by atoms with Gasteiger partial charge in [0.2, 0.25) is 5.91 Å². The predicted octanol–water partition coefficient (Wildman–Crippen LogP) is 2.83. The zero-order valence-electron chi connectivity index (χ0n) is 15.1. The van der Waals surface area contributed by atoms with E-state index < -0.39 is 0 Å². The van der Waals surface area contributed by atoms with Crippen LogP contribution in [0.3, 0.4) is 0 Å². The second-order valence-electron chi connectivity index (χ2n) is 6.25. The molecular weight excluding hydrogens is 345 g/mol. The molecule has 0 unspecified atom stereocenters. The molecule has 0 saturated heterocycles. The van der Waals surface area contributed by atoms with Gasteiger partial charge in [0.1, 0.15) is 5.82 Å². The minimum Gasteiger partial charge on any atom is -0.334 e. The van der Waals surface area contributed by atoms with Gasteiger partial charge in [-0.25, -0.2) is 9.07 Å². The highest BCUT2D eigenvalue weighted by Gasteiger charge is 2.18. The smallest absolute Gasteiger partial charge is 0.274 e. The number of nitrogens with zero attached hydrogens (tertiary/aromatic N) is 3. The number of hydrogen-bond donors (Lipinski definition) is 0. The molecule has 138 valence electrons. The molecule has 1 heterocycles. The van der Waals surface area contributed by atoms with Crippen molar-refractivity contribution in [2.24, 2.45) is 7.05 Å². The summed E-state index contributed by atoms with van der Waals surface area (Å²) in [5.74, 6) is -0.570. The number of fused-ring (bicyclic) bond motifs is 1. The van der Waals surface area contributed by atoms with Crippen molar-refractivity contribution >= 4 is 16.7 Å². The molecule has 0 fully saturated rings. The Kier molecular flexibility index (Phi) is 5.45. The molecule has 0 bridgehead atoms. The molecule has 6 heteroatoms. The van der Waals surface area contributed by atoms with E-state index in [4.69, 9.17) is 0 Å². The SMILES string of the molecule is C=CCN(Cc1ccccc1F)C(=O)Cc1nn(C)c(=O)c2ccccc12. The molecular formula is C21H20FN3O2. The summed E-state index contributed by atoms with van der Waals surface area (Å²) in [6.07, 6.45) is 1.61. The van der Waals surface area contributed by atoms with E-state index in [1.807, 2.05) is 0 Å². The zero-order chi connectivity index (χ0) is 19.4. The molecule has 1 amide bonds. The predicted molar refractivity (Wildman–Crippen MR) is 103 cm³/mol. The molecule has 0 N–H and O–H groups in total. The maximum absolute atomic E-state index is 14.0. The summed E-state index contributed by atoms with van der Waals surface area (Å²) in [4.78, 5) is 26.6. The van der Waals surface area contributed by atoms with Crippen LogP contribution in [0.5, 0.6) is 0 Å². The minimum absolute atomic E-state index is 0.0108. The van der Waals surface area contributed by atoms with E-state index in [-0.39, 0.29) is 36.8 Å². The van der Waals surface area contributed by atoms with Crippen LogP contribution in [0, 0.1) is 5.82 Å². The highest BCUT2D eigenvalue weighted by atomic mass is 19.1. The fraction of sp³-hybridized carbons (Fsp3) is 0.190. The van der Waals surface area contributed by atoms with E-state index in [9.17, 15) is 14.0 Å². The second kappa shape index (κ2) is 7.95. The third-order valence-corrected chi connectivity index (χ3v) is 4.37. The lowest BCUT2D eigenvalue weighted by atomic mass is 10.1. The normalized spacial score (nSPS) is 10.7. The fourth-order valence-electron chi connectivity index (χ4n) is 3.00. The van der Waals surface area contributed by atoms with Crippen LogP contribution in [0.1, 0.15) is 11.3 Å². The van der Waals surface area contributed by atoms with Crippen LogP contribution >= 0.6 is 0 Å². The lowest BCUT2D eigenvalue weighted by molar-refractivity contribution is -0.130. The molecule has 0 radical (unpaired) electrons. The van der Waals surface area contributed by atoms with Crippen molar-refractivity contribution < 1.29 is 9.18 Å². The van der Waals surface area contributed by atoms with Crippen LogP contribution in [0.15, 0.2) is 66.0 Å². The number of carbonyl (C=O) groups excluding carboxylic acids is 1. The van der Waals surface area contributed by atoms with Crippen molar-refractivity contribution in [1.82, 2.24) is 14.7 Å². The highest BCUT2D eigenvalue weighted by molar-refractivity contribution is 5.88. The molecule has 2 aromatic carbocycles. The van der Waals surface area contributed by atoms with Gasteiger partial charge in [0, 0.05) is 31.1 Å². The van der Waals surface area contributed by atoms with Crippen molar-refractivity contribution in [3.05, 3.63) is 88.6 Å². The van der Waals surface area contributed by atoms with Gasteiger partial charge in [-0.2, -0.15) is 5.10 Å². The monoisotopic (exact) mass is 365 g/mol. The Hall–Kier alpha value is -3.28. The summed E-state index contributed by atoms with van der Waals surface area (Å²) < 4.78 is 15.2. The van der Waals surface area contributed by atoms with E-state index in [2.05, 4.69) is 11.7 Å². The summed E-state index contributed by atoms with van der Waals surface area (Å²) >= 11 is 0. The van der Waals surface area contributed by atoms with Crippen molar-refractivity contribution in [3.8, 4) is 0 Å². The lowest BCUT2D eigenvalue weighted by Gasteiger charge is -2.22. The summed E-state index contributed by atoms with van der Waals surface area (Å²) in [5.41, 5.74) is 0.738. The molecule has 0 saturated carbocycles. The Labute approximate surface area is 156 Å². The second-order valence-corrected chi connectivity index (χ2v) is 6.25. The summed E-state index contributed by atoms with van der Waals surface area (Å²) in [6, 6.07) is 13.4. The van der Waals surface area contributed by atoms with Gasteiger partial charge in [0.05, 0.1) is 17.5 Å². The van der Waals surface area contributed by atoms with Crippen LogP contribution in [0.2, 0.25) is 0 Å². The molecule has 5 nitrogen and oxygen atoms in total. The van der Waals surface area contributed by atoms with E-state index in [0.717, 1.165) is 0 Å². The fourth-order valence-corrected chi connectivity index (χ4v) is 3.00. The van der Waals surface area contributed by atoms with Gasteiger partial charge in [-0.15, -0.1) is 6.58 Å². The molecule has 0 aliphatic heterocycles. The summed E-state index contributed by atoms with van der Waals surface area (Å²) in [7, 11) is 1.56. The maximum atomic E-state index is 14.0. The molecule has 3 aromatic rings. The number of hydrogen-bond acceptors (Lipinski definition) is 3. The van der Waals surface area contributed by atoms with E-state index >= 15 is 0 Å². The van der Waals surface area contributed by atoms with Crippen LogP contribution < -0.4 is 5.56 Å². The first-order valence-electron chi connectivity index (χ1n) is 8.58. The first kappa shape index (κ1) is 18.5. The number of aromatic nitrogens is 2. The summed E-state index contributed by atoms with van der Waals surface area (Å²) in [5, 5.41) is 5.43. The van der Waals surface area contributed by atoms with Crippen molar-refractivity contribution in [2.75, 3.05) is 6.54 Å². The van der Waals surface area contributed by atoms with Crippen LogP contribution in [-0.4, -0.2) is 27.1 Å². The van der Waals surface area contributed by atoms with E-state index in [0.29, 0.717) is 22.0 Å². The Bertz CT molecular complexity index is 1060. The maximum Gasteiger partial charge on any atom is 0.274 e. The van der Waals surface area contributed by atoms with Crippen LogP contribution in [0.25, 0.3) is 10.8 Å². The largest absolute Gasteiger partial charge is 0.334 e. The number of carbonyl (C=O) groups is 1. The standard InChI is InChI=1S/C21H20FN3O2/c1-3-12-25(14-15-8-4-7-11-18(15)22)20(26)13-19-16-9-5-6-10-17(16)21(27)24(2)23-19/h3-11H,1,12-14H2,2H3. The number of rotatable bonds is 6. The average molecular weight is 365 g/mol. The Morgan fingerprint density at radius 2 is 1.85 bits per heavy atom. The summed E-state index contributed by atoms with van der Waals surface area (Å²) in [6.45, 7) is 4.11. The molecule has 0 aliphatic carbocycles. The van der Waals surface area contributed by atoms with E-state index in [1.165, 1.54) is 15.6 Å². The molecule has 0 spiro atoms. The van der Waals surface area contributed by atoms with E-state index in [1.54, 1.807) is 55.6 Å². The van der Waals surface area contributed by atoms with Crippen LogP contribution in [-0.2, 0) is 24.8 Å². The third kappa shape index (κ3) is 3.95. The number of halogens is 1. The van der Waals surface area contributed by atoms with Gasteiger partial charge in [-0.05, 0) is 12.1 Å². The quantitative estimate of drug-likeness (QED) is 0.631. The first-order chi connectivity index (χ1) is 13.0. The van der Waals surface area contributed by atoms with Crippen molar-refractivity contribution in [3.63, 3.8) is 0 Å². The minimum atomic E-state index is -0.356. The topological polar surface area (TPSA) is 55.2 Å². The number of benzene rings is 2. The average Bonchev–Trinajstić information content (AvgIpc) is 2.67. The van der Waals surface area contributed by atoms with Gasteiger partial charge in [-0.3, -0.25) is 9.59 Å². The molecule has 3 rings (SSSR count). The third-order valence-electron chi connectivity index (χ3n) is 4.37. The zero-order valence-corrected chi connectivity index (χ0v) is 15.1. The molecule has 1 aromatic heterocycles. The highest BCUT2D eigenvalue weighted by Crippen LogP contribution is 2.16. The van der Waals surface area contributed by atoms with Crippen molar-refractivity contribution in [1.29, 1.82) is 0 Å². The lowest BCUT2D eigenvalue weighted by Crippen LogP contribution is -2.33. The first-order valence-corrected chi connectivity index (χ1v) is 8.58. The Balaban J connectivity index is 1.91. The van der Waals surface area contributed by atoms with Gasteiger partial charge in [0.15, 0.2) is 0 Å².